The molecule has 1 aliphatic heterocycles. The van der Waals surface area contributed by atoms with E-state index in [2.05, 4.69) is 89.2 Å². The van der Waals surface area contributed by atoms with E-state index in [0.29, 0.717) is 0 Å². The van der Waals surface area contributed by atoms with Crippen LogP contribution in [0.15, 0.2) is 60.2 Å². The van der Waals surface area contributed by atoms with Gasteiger partial charge in [0.05, 0.1) is 0 Å². The van der Waals surface area contributed by atoms with Gasteiger partial charge in [0.25, 0.3) is 0 Å². The van der Waals surface area contributed by atoms with E-state index >= 15 is 0 Å². The second-order valence-electron chi connectivity index (χ2n) is 17.7. The maximum absolute atomic E-state index is 11.2. The van der Waals surface area contributed by atoms with Crippen LogP contribution in [-0.4, -0.2) is 4.70 Å². The van der Waals surface area contributed by atoms with E-state index in [4.69, 9.17) is 0 Å². The van der Waals surface area contributed by atoms with Gasteiger partial charge in [0.1, 0.15) is 0 Å². The third-order valence-electron chi connectivity index (χ3n) is 12.1. The molecule has 0 bridgehead atoms. The number of hydrogen-bond donors (Lipinski definition) is 0. The van der Waals surface area contributed by atoms with Gasteiger partial charge in [0.2, 0.25) is 11.4 Å². The summed E-state index contributed by atoms with van der Waals surface area (Å²) in [6.45, 7) is 11.3. The molecule has 3 rings (SSSR count). The molecule has 1 aliphatic rings. The minimum absolute atomic E-state index is 0.883. The van der Waals surface area contributed by atoms with Crippen LogP contribution >= 0.6 is 0 Å². The average molecular weight is 854 g/mol. The summed E-state index contributed by atoms with van der Waals surface area (Å²) in [6.07, 6.45) is 47.8. The third-order valence-corrected chi connectivity index (χ3v) is 13.5. The number of benzene rings is 2. The van der Waals surface area contributed by atoms with Gasteiger partial charge in [-0.2, -0.15) is 0 Å². The van der Waals surface area contributed by atoms with Crippen LogP contribution in [0.2, 0.25) is 10.8 Å². The summed E-state index contributed by atoms with van der Waals surface area (Å²) in [6, 6.07) is 17.5. The predicted octanol–water partition coefficient (Wildman–Crippen LogP) is 19.7. The molecule has 3 heteroatoms. The smallest absolute Gasteiger partial charge is 0.0654 e. The number of nitrogens with zero attached hydrogens (tertiary/aromatic N) is 2. The molecule has 0 saturated heterocycles. The molecule has 338 valence electrons. The van der Waals surface area contributed by atoms with E-state index in [1.165, 1.54) is 212 Å². The molecule has 0 aromatic heterocycles. The van der Waals surface area contributed by atoms with Gasteiger partial charge in [0.15, 0.2) is 0 Å². The fourth-order valence-corrected chi connectivity index (χ4v) is 9.37. The topological polar surface area (TPSA) is 25.3 Å². The molecule has 0 saturated carbocycles. The molecule has 0 amide bonds. The van der Waals surface area contributed by atoms with E-state index in [1.54, 1.807) is 0 Å². The summed E-state index contributed by atoms with van der Waals surface area (Å²) in [4.78, 5) is 0. The molecule has 0 spiro atoms. The number of aryl methyl sites for hydroxylation is 2. The summed E-state index contributed by atoms with van der Waals surface area (Å²) >= 11 is 2.04. The summed E-state index contributed by atoms with van der Waals surface area (Å²) < 4.78 is 1.41. The van der Waals surface area contributed by atoms with Gasteiger partial charge in [-0.25, -0.2) is 4.70 Å². The Morgan fingerprint density at radius 1 is 0.373 bits per heavy atom. The minimum Gasteiger partial charge on any atom is -0.0654 e. The molecule has 0 fully saturated rings. The average Bonchev–Trinajstić information content (AvgIpc) is 3.59. The second-order valence-corrected chi connectivity index (χ2v) is 19.2. The molecule has 59 heavy (non-hydrogen) atoms. The third kappa shape index (κ3) is 25.5. The van der Waals surface area contributed by atoms with Gasteiger partial charge in [-0.3, -0.25) is 0 Å². The fourth-order valence-electron chi connectivity index (χ4n) is 8.13. The van der Waals surface area contributed by atoms with Gasteiger partial charge in [-0.1, -0.05) is 91.0 Å². The van der Waals surface area contributed by atoms with Gasteiger partial charge in [-0.15, -0.1) is 0 Å². The monoisotopic (exact) mass is 853 g/mol. The van der Waals surface area contributed by atoms with Crippen LogP contribution in [0, 0.1) is 0 Å². The van der Waals surface area contributed by atoms with Gasteiger partial charge in [-0.05, 0) is 73.9 Å². The molecular formula is C56H94N2Ni. The van der Waals surface area contributed by atoms with Gasteiger partial charge >= 0.3 is 166 Å². The number of allylic oxidation sites excluding steroid dienone is 2. The Kier molecular flexibility index (Phi) is 34.0. The van der Waals surface area contributed by atoms with Crippen LogP contribution in [0.4, 0.5) is 0 Å². The Bertz CT molecular complexity index is 1310. The Balaban J connectivity index is 0.000000407. The molecule has 2 nitrogen and oxygen atoms in total. The van der Waals surface area contributed by atoms with Crippen LogP contribution < -0.4 is 0 Å². The van der Waals surface area contributed by atoms with E-state index in [1.807, 2.05) is 14.4 Å². The Morgan fingerprint density at radius 3 is 1.07 bits per heavy atom. The van der Waals surface area contributed by atoms with E-state index < -0.39 is 0 Å². The standard InChI is InChI=1S/C28H36N2.2C14H29.Ni/c1-4-7-10-22-13-17-24(18-14-22)27-21-26(12-9-6-3)28(30(27)29)25-19-15-23(16-20-25)11-8-5-2;2*1-3-5-7-9-11-13-14-12-10-8-6-4-2;/h13-21H,4-12H2,1-3H3;2*1,3-14H2,2H3;. The van der Waals surface area contributed by atoms with E-state index in [0.717, 1.165) is 54.6 Å². The van der Waals surface area contributed by atoms with Crippen molar-refractivity contribution in [1.82, 2.24) is 0 Å². The molecule has 0 aliphatic carbocycles. The predicted molar refractivity (Wildman–Crippen MR) is 260 cm³/mol. The van der Waals surface area contributed by atoms with Crippen LogP contribution in [0.1, 0.15) is 256 Å². The van der Waals surface area contributed by atoms with Crippen LogP contribution in [0.25, 0.3) is 16.9 Å². The number of rotatable bonds is 37. The molecule has 2 aromatic carbocycles. The Labute approximate surface area is 374 Å². The van der Waals surface area contributed by atoms with Gasteiger partial charge in [0, 0.05) is 22.8 Å². The molecule has 0 unspecified atom stereocenters. The normalized spacial score (nSPS) is 12.7. The van der Waals surface area contributed by atoms with Crippen molar-refractivity contribution in [2.45, 2.75) is 257 Å². The van der Waals surface area contributed by atoms with Crippen molar-refractivity contribution in [3.05, 3.63) is 88.0 Å². The van der Waals surface area contributed by atoms with Crippen LogP contribution in [0.3, 0.4) is 0 Å². The fraction of sp³-hybridized carbons (Fsp3) is 0.714. The zero-order valence-electron chi connectivity index (χ0n) is 39.7. The van der Waals surface area contributed by atoms with Crippen molar-refractivity contribution in [1.29, 1.82) is 0 Å². The molecule has 0 N–H and O–H groups in total. The van der Waals surface area contributed by atoms with Crippen molar-refractivity contribution in [3.8, 4) is 0 Å². The van der Waals surface area contributed by atoms with Crippen molar-refractivity contribution in [2.24, 2.45) is 0 Å². The van der Waals surface area contributed by atoms with Gasteiger partial charge < -0.3 is 5.53 Å². The van der Waals surface area contributed by atoms with Crippen molar-refractivity contribution in [3.63, 3.8) is 0 Å². The molecular weight excluding hydrogens is 759 g/mol. The Hall–Kier alpha value is -1.99. The number of hydrogen-bond acceptors (Lipinski definition) is 0. The molecule has 2 aromatic rings. The SMILES string of the molecule is CCCCC1=C(c2ccc(CCCC)cc2)[N+](=[N-])C(c2ccc(CCCC)cc2)=C1.CCCCCCCCCCCCC[CH2][Ni][CH2]CCCCCCCCCCCCC. The first kappa shape index (κ1) is 53.2. The maximum atomic E-state index is 11.2. The molecule has 0 radical (unpaired) electrons. The minimum atomic E-state index is 0.883. The Morgan fingerprint density at radius 2 is 0.695 bits per heavy atom. The first-order valence-corrected chi connectivity index (χ1v) is 27.1. The van der Waals surface area contributed by atoms with E-state index in [-0.39, 0.29) is 0 Å². The van der Waals surface area contributed by atoms with Crippen molar-refractivity contribution < 1.29 is 19.1 Å². The van der Waals surface area contributed by atoms with Crippen LogP contribution in [-0.2, 0) is 27.3 Å². The first-order chi connectivity index (χ1) is 29.1. The van der Waals surface area contributed by atoms with Crippen LogP contribution in [0.5, 0.6) is 0 Å². The summed E-state index contributed by atoms with van der Waals surface area (Å²) in [5, 5.41) is 2.87. The molecule has 0 atom stereocenters. The number of unbranched alkanes of at least 4 members (excludes halogenated alkanes) is 25. The summed E-state index contributed by atoms with van der Waals surface area (Å²) in [5.74, 6) is 0. The zero-order chi connectivity index (χ0) is 42.4. The molecule has 1 heterocycles. The first-order valence-electron chi connectivity index (χ1n) is 25.7. The van der Waals surface area contributed by atoms with E-state index in [9.17, 15) is 5.53 Å². The summed E-state index contributed by atoms with van der Waals surface area (Å²) in [5.41, 5.74) is 19.1. The summed E-state index contributed by atoms with van der Waals surface area (Å²) in [7, 11) is 0. The second kappa shape index (κ2) is 37.7. The quantitative estimate of drug-likeness (QED) is 0.0368. The van der Waals surface area contributed by atoms with Crippen molar-refractivity contribution >= 4 is 11.4 Å². The van der Waals surface area contributed by atoms with Crippen molar-refractivity contribution in [2.75, 3.05) is 0 Å². The zero-order valence-corrected chi connectivity index (χ0v) is 40.6.